The molecule has 1 unspecified atom stereocenters. The van der Waals surface area contributed by atoms with E-state index in [1.807, 2.05) is 0 Å². The Morgan fingerprint density at radius 3 is 2.50 bits per heavy atom. The lowest BCUT2D eigenvalue weighted by molar-refractivity contribution is -0.144. The highest BCUT2D eigenvalue weighted by Gasteiger charge is 2.28. The van der Waals surface area contributed by atoms with E-state index in [-0.39, 0.29) is 17.6 Å². The average Bonchev–Trinajstić information content (AvgIpc) is 2.61. The number of hydrogen-bond donors (Lipinski definition) is 1. The Balaban J connectivity index is 1.87. The number of rotatable bonds is 6. The van der Waals surface area contributed by atoms with Crippen LogP contribution in [0, 0.1) is 0 Å². The Kier molecular flexibility index (Phi) is 6.37. The fraction of sp³-hybridized carbons (Fsp3) is 0.444. The predicted octanol–water partition coefficient (Wildman–Crippen LogP) is 1.66. The summed E-state index contributed by atoms with van der Waals surface area (Å²) >= 11 is 0. The number of benzene rings is 1. The van der Waals surface area contributed by atoms with Crippen LogP contribution in [0.1, 0.15) is 23.7 Å². The van der Waals surface area contributed by atoms with Crippen molar-refractivity contribution in [1.29, 1.82) is 0 Å². The normalized spacial score (nSPS) is 15.9. The van der Waals surface area contributed by atoms with Gasteiger partial charge in [-0.1, -0.05) is 18.2 Å². The minimum Gasteiger partial charge on any atom is -0.507 e. The Hall–Kier alpha value is -2.34. The van der Waals surface area contributed by atoms with Crippen molar-refractivity contribution in [1.82, 2.24) is 9.80 Å². The highest BCUT2D eigenvalue weighted by Crippen LogP contribution is 2.19. The lowest BCUT2D eigenvalue weighted by Crippen LogP contribution is -2.52. The first-order valence-electron chi connectivity index (χ1n) is 8.13. The molecule has 0 saturated carbocycles. The van der Waals surface area contributed by atoms with Crippen molar-refractivity contribution in [2.45, 2.75) is 19.4 Å². The number of phenols is 1. The third kappa shape index (κ3) is 4.35. The summed E-state index contributed by atoms with van der Waals surface area (Å²) in [6.07, 6.45) is 1.96. The summed E-state index contributed by atoms with van der Waals surface area (Å²) in [5.41, 5.74) is 0.290. The van der Waals surface area contributed by atoms with E-state index in [0.717, 1.165) is 0 Å². The van der Waals surface area contributed by atoms with Crippen molar-refractivity contribution in [3.63, 3.8) is 0 Å². The molecule has 1 aromatic carbocycles. The van der Waals surface area contributed by atoms with E-state index in [4.69, 9.17) is 4.74 Å². The maximum atomic E-state index is 12.4. The average molecular weight is 332 g/mol. The van der Waals surface area contributed by atoms with E-state index in [1.54, 1.807) is 41.0 Å². The fourth-order valence-electron chi connectivity index (χ4n) is 2.61. The van der Waals surface area contributed by atoms with Crippen molar-refractivity contribution >= 4 is 11.8 Å². The van der Waals surface area contributed by atoms with E-state index in [9.17, 15) is 14.7 Å². The molecule has 130 valence electrons. The molecule has 1 N–H and O–H groups in total. The van der Waals surface area contributed by atoms with Gasteiger partial charge in [-0.3, -0.25) is 9.59 Å². The van der Waals surface area contributed by atoms with Crippen molar-refractivity contribution in [2.75, 3.05) is 32.8 Å². The predicted molar refractivity (Wildman–Crippen MR) is 90.8 cm³/mol. The van der Waals surface area contributed by atoms with Crippen LogP contribution in [0.5, 0.6) is 5.75 Å². The zero-order valence-corrected chi connectivity index (χ0v) is 14.0. The number of hydrogen-bond acceptors (Lipinski definition) is 4. The van der Waals surface area contributed by atoms with Crippen LogP contribution in [0.15, 0.2) is 36.9 Å². The molecule has 0 radical (unpaired) electrons. The maximum Gasteiger partial charge on any atom is 0.257 e. The summed E-state index contributed by atoms with van der Waals surface area (Å²) in [5, 5.41) is 9.79. The number of ether oxygens (including phenoxy) is 1. The second-order valence-corrected chi connectivity index (χ2v) is 5.73. The molecule has 0 spiro atoms. The van der Waals surface area contributed by atoms with Crippen LogP contribution in [0.25, 0.3) is 0 Å². The van der Waals surface area contributed by atoms with Gasteiger partial charge in [0.15, 0.2) is 0 Å². The van der Waals surface area contributed by atoms with Crippen molar-refractivity contribution in [3.05, 3.63) is 42.5 Å². The molecule has 1 saturated heterocycles. The monoisotopic (exact) mass is 332 g/mol. The number of aromatic hydroxyl groups is 1. The molecule has 1 heterocycles. The van der Waals surface area contributed by atoms with E-state index in [0.29, 0.717) is 44.8 Å². The SMILES string of the molecule is C=CCCOC(C)C(=O)N1CCN(C(=O)c2ccccc2O)CC1. The van der Waals surface area contributed by atoms with Crippen LogP contribution < -0.4 is 0 Å². The highest BCUT2D eigenvalue weighted by molar-refractivity contribution is 5.97. The molecule has 1 fully saturated rings. The summed E-state index contributed by atoms with van der Waals surface area (Å²) in [7, 11) is 0. The van der Waals surface area contributed by atoms with Gasteiger partial charge in [0.2, 0.25) is 0 Å². The third-order valence-electron chi connectivity index (χ3n) is 4.05. The number of amides is 2. The smallest absolute Gasteiger partial charge is 0.257 e. The lowest BCUT2D eigenvalue weighted by atomic mass is 10.1. The maximum absolute atomic E-state index is 12.4. The molecule has 1 aromatic rings. The van der Waals surface area contributed by atoms with E-state index >= 15 is 0 Å². The van der Waals surface area contributed by atoms with Gasteiger partial charge in [-0.25, -0.2) is 0 Å². The molecule has 6 heteroatoms. The zero-order valence-electron chi connectivity index (χ0n) is 14.0. The van der Waals surface area contributed by atoms with Crippen LogP contribution in [0.4, 0.5) is 0 Å². The Morgan fingerprint density at radius 2 is 1.88 bits per heavy atom. The number of piperazine rings is 1. The highest BCUT2D eigenvalue weighted by atomic mass is 16.5. The van der Waals surface area contributed by atoms with Gasteiger partial charge >= 0.3 is 0 Å². The van der Waals surface area contributed by atoms with Gasteiger partial charge in [0, 0.05) is 26.2 Å². The van der Waals surface area contributed by atoms with Crippen molar-refractivity contribution in [2.24, 2.45) is 0 Å². The molecular weight excluding hydrogens is 308 g/mol. The van der Waals surface area contributed by atoms with Gasteiger partial charge in [0.25, 0.3) is 11.8 Å². The lowest BCUT2D eigenvalue weighted by Gasteiger charge is -2.36. The van der Waals surface area contributed by atoms with Crippen molar-refractivity contribution < 1.29 is 19.4 Å². The summed E-state index contributed by atoms with van der Waals surface area (Å²) in [6.45, 7) is 7.65. The number of para-hydroxylation sites is 1. The summed E-state index contributed by atoms with van der Waals surface area (Å²) in [4.78, 5) is 28.1. The van der Waals surface area contributed by atoms with Gasteiger partial charge in [0.1, 0.15) is 11.9 Å². The quantitative estimate of drug-likeness (QED) is 0.635. The van der Waals surface area contributed by atoms with E-state index < -0.39 is 6.10 Å². The van der Waals surface area contributed by atoms with E-state index in [1.165, 1.54) is 6.07 Å². The first kappa shape index (κ1) is 18.0. The standard InChI is InChI=1S/C18H24N2O4/c1-3-4-13-24-14(2)17(22)19-9-11-20(12-10-19)18(23)15-7-5-6-8-16(15)21/h3,5-8,14,21H,1,4,9-13H2,2H3. The Morgan fingerprint density at radius 1 is 1.25 bits per heavy atom. The first-order chi connectivity index (χ1) is 11.5. The molecule has 1 atom stereocenters. The van der Waals surface area contributed by atoms with Gasteiger partial charge in [-0.05, 0) is 25.5 Å². The molecule has 1 aliphatic heterocycles. The molecule has 6 nitrogen and oxygen atoms in total. The zero-order chi connectivity index (χ0) is 17.5. The second-order valence-electron chi connectivity index (χ2n) is 5.73. The molecule has 24 heavy (non-hydrogen) atoms. The number of nitrogens with zero attached hydrogens (tertiary/aromatic N) is 2. The molecular formula is C18H24N2O4. The van der Waals surface area contributed by atoms with Gasteiger partial charge < -0.3 is 19.6 Å². The Labute approximate surface area is 142 Å². The Bertz CT molecular complexity index is 594. The number of carbonyl (C=O) groups excluding carboxylic acids is 2. The number of phenolic OH excluding ortho intramolecular Hbond substituents is 1. The summed E-state index contributed by atoms with van der Waals surface area (Å²) in [6, 6.07) is 6.49. The van der Waals surface area contributed by atoms with Crippen LogP contribution in [-0.4, -0.2) is 65.6 Å². The van der Waals surface area contributed by atoms with Gasteiger partial charge in [0.05, 0.1) is 12.2 Å². The van der Waals surface area contributed by atoms with Crippen LogP contribution in [0.3, 0.4) is 0 Å². The van der Waals surface area contributed by atoms with Crippen LogP contribution in [0.2, 0.25) is 0 Å². The topological polar surface area (TPSA) is 70.1 Å². The fourth-order valence-corrected chi connectivity index (χ4v) is 2.61. The second kappa shape index (κ2) is 8.49. The third-order valence-corrected chi connectivity index (χ3v) is 4.05. The number of carbonyl (C=O) groups is 2. The molecule has 0 bridgehead atoms. The summed E-state index contributed by atoms with van der Waals surface area (Å²) < 4.78 is 5.48. The molecule has 0 aliphatic carbocycles. The molecule has 0 aromatic heterocycles. The largest absolute Gasteiger partial charge is 0.507 e. The summed E-state index contributed by atoms with van der Waals surface area (Å²) in [5.74, 6) is -0.297. The first-order valence-corrected chi connectivity index (χ1v) is 8.13. The molecule has 2 amide bonds. The molecule has 2 rings (SSSR count). The van der Waals surface area contributed by atoms with E-state index in [2.05, 4.69) is 6.58 Å². The van der Waals surface area contributed by atoms with Gasteiger partial charge in [-0.2, -0.15) is 0 Å². The minimum atomic E-state index is -0.495. The minimum absolute atomic E-state index is 0.0229. The van der Waals surface area contributed by atoms with Gasteiger partial charge in [-0.15, -0.1) is 6.58 Å². The molecule has 1 aliphatic rings. The van der Waals surface area contributed by atoms with Crippen molar-refractivity contribution in [3.8, 4) is 5.75 Å². The van der Waals surface area contributed by atoms with Crippen LogP contribution in [-0.2, 0) is 9.53 Å². The van der Waals surface area contributed by atoms with Crippen LogP contribution >= 0.6 is 0 Å².